The second-order valence-electron chi connectivity index (χ2n) is 3.30. The topological polar surface area (TPSA) is 96.7 Å². The molecule has 1 heterocycles. The van der Waals surface area contributed by atoms with Crippen molar-refractivity contribution in [1.82, 2.24) is 15.0 Å². The number of para-hydroxylation sites is 1. The molecule has 0 bridgehead atoms. The van der Waals surface area contributed by atoms with Crippen LogP contribution in [0.5, 0.6) is 0 Å². The van der Waals surface area contributed by atoms with Crippen molar-refractivity contribution in [2.45, 2.75) is 6.92 Å². The van der Waals surface area contributed by atoms with E-state index in [1.54, 1.807) is 0 Å². The molecule has 6 heteroatoms. The number of aryl methyl sites for hydroxylation is 1. The van der Waals surface area contributed by atoms with Gasteiger partial charge in [-0.1, -0.05) is 18.2 Å². The van der Waals surface area contributed by atoms with E-state index in [0.717, 1.165) is 11.3 Å². The lowest BCUT2D eigenvalue weighted by Gasteiger charge is -2.06. The number of nitrogens with zero attached hydrogens (tertiary/aromatic N) is 2. The van der Waals surface area contributed by atoms with Gasteiger partial charge in [-0.15, -0.1) is 0 Å². The number of hydrogen-bond acceptors (Lipinski definition) is 5. The summed E-state index contributed by atoms with van der Waals surface area (Å²) < 4.78 is 0. The molecule has 1 aromatic carbocycles. The first-order chi connectivity index (χ1) is 7.65. The van der Waals surface area contributed by atoms with Crippen LogP contribution in [0.15, 0.2) is 29.1 Å². The normalized spacial score (nSPS) is 10.1. The summed E-state index contributed by atoms with van der Waals surface area (Å²) >= 11 is 0. The number of benzene rings is 1. The van der Waals surface area contributed by atoms with Crippen LogP contribution in [0.4, 0.5) is 17.6 Å². The summed E-state index contributed by atoms with van der Waals surface area (Å²) in [5.41, 5.74) is 6.75. The van der Waals surface area contributed by atoms with Crippen molar-refractivity contribution in [3.05, 3.63) is 40.3 Å². The zero-order valence-corrected chi connectivity index (χ0v) is 8.69. The molecule has 6 nitrogen and oxygen atoms in total. The van der Waals surface area contributed by atoms with E-state index in [4.69, 9.17) is 5.73 Å². The van der Waals surface area contributed by atoms with E-state index in [0.29, 0.717) is 0 Å². The van der Waals surface area contributed by atoms with Gasteiger partial charge in [0, 0.05) is 5.69 Å². The number of anilines is 3. The molecule has 0 aliphatic rings. The van der Waals surface area contributed by atoms with Gasteiger partial charge in [-0.05, 0) is 18.6 Å². The highest BCUT2D eigenvalue weighted by atomic mass is 16.1. The quantitative estimate of drug-likeness (QED) is 0.691. The van der Waals surface area contributed by atoms with Crippen LogP contribution < -0.4 is 16.7 Å². The second-order valence-corrected chi connectivity index (χ2v) is 3.30. The Hall–Kier alpha value is -2.37. The fourth-order valence-electron chi connectivity index (χ4n) is 1.29. The monoisotopic (exact) mass is 217 g/mol. The maximum Gasteiger partial charge on any atom is 0.350 e. The summed E-state index contributed by atoms with van der Waals surface area (Å²) in [6, 6.07) is 7.62. The van der Waals surface area contributed by atoms with Gasteiger partial charge in [-0.25, -0.2) is 4.79 Å². The molecule has 0 unspecified atom stereocenters. The minimum Gasteiger partial charge on any atom is -0.369 e. The number of nitrogen functional groups attached to an aromatic ring is 1. The van der Waals surface area contributed by atoms with Crippen molar-refractivity contribution in [1.29, 1.82) is 0 Å². The first-order valence-corrected chi connectivity index (χ1v) is 4.71. The van der Waals surface area contributed by atoms with Gasteiger partial charge >= 0.3 is 5.69 Å². The molecule has 4 N–H and O–H groups in total. The van der Waals surface area contributed by atoms with Gasteiger partial charge in [0.25, 0.3) is 0 Å². The van der Waals surface area contributed by atoms with E-state index >= 15 is 0 Å². The van der Waals surface area contributed by atoms with Gasteiger partial charge < -0.3 is 11.1 Å². The highest BCUT2D eigenvalue weighted by Crippen LogP contribution is 2.16. The zero-order valence-electron chi connectivity index (χ0n) is 8.69. The lowest BCUT2D eigenvalue weighted by Crippen LogP contribution is -2.16. The maximum atomic E-state index is 11.1. The van der Waals surface area contributed by atoms with E-state index in [-0.39, 0.29) is 11.9 Å². The highest BCUT2D eigenvalue weighted by molar-refractivity contribution is 5.57. The molecule has 0 aliphatic heterocycles. The second kappa shape index (κ2) is 4.01. The van der Waals surface area contributed by atoms with Crippen molar-refractivity contribution in [3.63, 3.8) is 0 Å². The van der Waals surface area contributed by atoms with Crippen LogP contribution >= 0.6 is 0 Å². The zero-order chi connectivity index (χ0) is 11.5. The van der Waals surface area contributed by atoms with Crippen LogP contribution in [0.25, 0.3) is 0 Å². The SMILES string of the molecule is Cc1ccccc1Nc1nc(N)[nH]c(=O)n1. The Kier molecular flexibility index (Phi) is 2.55. The third-order valence-corrected chi connectivity index (χ3v) is 2.06. The van der Waals surface area contributed by atoms with Gasteiger partial charge in [0.15, 0.2) is 0 Å². The molecule has 0 saturated carbocycles. The summed E-state index contributed by atoms with van der Waals surface area (Å²) in [7, 11) is 0. The predicted octanol–water partition coefficient (Wildman–Crippen LogP) is 0.799. The molecule has 0 spiro atoms. The molecule has 0 atom stereocenters. The minimum atomic E-state index is -0.524. The molecular weight excluding hydrogens is 206 g/mol. The first kappa shape index (κ1) is 10.2. The third kappa shape index (κ3) is 2.17. The summed E-state index contributed by atoms with van der Waals surface area (Å²) in [5, 5.41) is 2.93. The number of nitrogens with one attached hydrogen (secondary N) is 2. The molecular formula is C10H11N5O. The molecule has 1 aromatic heterocycles. The molecule has 0 radical (unpaired) electrons. The molecule has 0 amide bonds. The van der Waals surface area contributed by atoms with Gasteiger partial charge in [0.2, 0.25) is 11.9 Å². The largest absolute Gasteiger partial charge is 0.369 e. The lowest BCUT2D eigenvalue weighted by molar-refractivity contribution is 1.01. The van der Waals surface area contributed by atoms with Crippen molar-refractivity contribution >= 4 is 17.6 Å². The Morgan fingerprint density at radius 1 is 1.31 bits per heavy atom. The molecule has 82 valence electrons. The van der Waals surface area contributed by atoms with E-state index in [2.05, 4.69) is 20.3 Å². The number of nitrogens with two attached hydrogens (primary N) is 1. The van der Waals surface area contributed by atoms with Gasteiger partial charge in [-0.2, -0.15) is 9.97 Å². The van der Waals surface area contributed by atoms with Crippen molar-refractivity contribution < 1.29 is 0 Å². The smallest absolute Gasteiger partial charge is 0.350 e. The van der Waals surface area contributed by atoms with Gasteiger partial charge in [0.05, 0.1) is 0 Å². The maximum absolute atomic E-state index is 11.1. The Morgan fingerprint density at radius 2 is 2.06 bits per heavy atom. The lowest BCUT2D eigenvalue weighted by atomic mass is 10.2. The molecule has 2 aromatic rings. The number of hydrogen-bond donors (Lipinski definition) is 3. The Balaban J connectivity index is 2.34. The van der Waals surface area contributed by atoms with Crippen molar-refractivity contribution in [2.75, 3.05) is 11.1 Å². The molecule has 0 fully saturated rings. The summed E-state index contributed by atoms with van der Waals surface area (Å²) in [6.07, 6.45) is 0. The van der Waals surface area contributed by atoms with Crippen molar-refractivity contribution in [2.24, 2.45) is 0 Å². The molecule has 0 saturated heterocycles. The summed E-state index contributed by atoms with van der Waals surface area (Å²) in [6.45, 7) is 1.94. The third-order valence-electron chi connectivity index (χ3n) is 2.06. The highest BCUT2D eigenvalue weighted by Gasteiger charge is 2.02. The number of aromatic amines is 1. The predicted molar refractivity (Wildman–Crippen MR) is 61.5 cm³/mol. The Morgan fingerprint density at radius 3 is 2.75 bits per heavy atom. The van der Waals surface area contributed by atoms with E-state index < -0.39 is 5.69 Å². The van der Waals surface area contributed by atoms with Crippen LogP contribution in [0.3, 0.4) is 0 Å². The number of rotatable bonds is 2. The van der Waals surface area contributed by atoms with Gasteiger partial charge in [0.1, 0.15) is 0 Å². The fourth-order valence-corrected chi connectivity index (χ4v) is 1.29. The minimum absolute atomic E-state index is 0.0380. The van der Waals surface area contributed by atoms with Crippen LogP contribution in [0.1, 0.15) is 5.56 Å². The van der Waals surface area contributed by atoms with Crippen molar-refractivity contribution in [3.8, 4) is 0 Å². The van der Waals surface area contributed by atoms with Crippen LogP contribution in [-0.2, 0) is 0 Å². The van der Waals surface area contributed by atoms with Crippen LogP contribution in [0.2, 0.25) is 0 Å². The Bertz CT molecular complexity index is 563. The fraction of sp³-hybridized carbons (Fsp3) is 0.100. The van der Waals surface area contributed by atoms with Gasteiger partial charge in [-0.3, -0.25) is 4.98 Å². The number of H-pyrrole nitrogens is 1. The average molecular weight is 217 g/mol. The molecule has 0 aliphatic carbocycles. The van der Waals surface area contributed by atoms with E-state index in [9.17, 15) is 4.79 Å². The van der Waals surface area contributed by atoms with Crippen LogP contribution in [-0.4, -0.2) is 15.0 Å². The standard InChI is InChI=1S/C10H11N5O/c1-6-4-2-3-5-7(6)12-9-13-8(11)14-10(16)15-9/h2-5H,1H3,(H4,11,12,13,14,15,16). The Labute approximate surface area is 91.6 Å². The van der Waals surface area contributed by atoms with E-state index in [1.165, 1.54) is 0 Å². The first-order valence-electron chi connectivity index (χ1n) is 4.71. The van der Waals surface area contributed by atoms with Crippen LogP contribution in [0, 0.1) is 6.92 Å². The average Bonchev–Trinajstić information content (AvgIpc) is 2.20. The molecule has 2 rings (SSSR count). The summed E-state index contributed by atoms with van der Waals surface area (Å²) in [4.78, 5) is 20.9. The molecule has 16 heavy (non-hydrogen) atoms. The number of aromatic nitrogens is 3. The van der Waals surface area contributed by atoms with E-state index in [1.807, 2.05) is 31.2 Å². The summed E-state index contributed by atoms with van der Waals surface area (Å²) in [5.74, 6) is 0.228.